The molecule has 2 N–H and O–H groups in total. The van der Waals surface area contributed by atoms with Crippen LogP contribution >= 0.6 is 11.8 Å². The van der Waals surface area contributed by atoms with E-state index in [1.54, 1.807) is 11.8 Å². The lowest BCUT2D eigenvalue weighted by atomic mass is 10.2. The molecule has 1 heterocycles. The summed E-state index contributed by atoms with van der Waals surface area (Å²) in [6, 6.07) is 6.25. The van der Waals surface area contributed by atoms with Gasteiger partial charge in [0.2, 0.25) is 10.0 Å². The summed E-state index contributed by atoms with van der Waals surface area (Å²) in [6.07, 6.45) is 0.847. The second kappa shape index (κ2) is 5.82. The lowest BCUT2D eigenvalue weighted by molar-refractivity contribution is 0.435. The predicted octanol–water partition coefficient (Wildman–Crippen LogP) is 1.27. The van der Waals surface area contributed by atoms with Crippen molar-refractivity contribution in [3.05, 3.63) is 23.8 Å². The summed E-state index contributed by atoms with van der Waals surface area (Å²) in [5.74, 6) is 1.78. The molecule has 1 saturated heterocycles. The van der Waals surface area contributed by atoms with E-state index in [2.05, 4.69) is 0 Å². The molecule has 0 unspecified atom stereocenters. The van der Waals surface area contributed by atoms with Gasteiger partial charge < -0.3 is 5.73 Å². The summed E-state index contributed by atoms with van der Waals surface area (Å²) in [5.41, 5.74) is 6.27. The quantitative estimate of drug-likeness (QED) is 0.831. The van der Waals surface area contributed by atoms with Crippen LogP contribution in [-0.4, -0.2) is 37.3 Å². The van der Waals surface area contributed by atoms with E-state index in [0.29, 0.717) is 18.7 Å². The zero-order chi connectivity index (χ0) is 13.9. The molecule has 1 aromatic rings. The smallest absolute Gasteiger partial charge is 0.245 e. The van der Waals surface area contributed by atoms with Crippen LogP contribution in [0.5, 0.6) is 0 Å². The van der Waals surface area contributed by atoms with E-state index in [0.717, 1.165) is 17.9 Å². The second-order valence-electron chi connectivity index (χ2n) is 4.23. The Balaban J connectivity index is 2.36. The standard InChI is InChI=1S/C12H15N3O2S2/c13-9-10-2-3-12(11(14)8-10)19(16,17)15-4-1-6-18-7-5-15/h2-3,8H,1,4-7,14H2. The maximum Gasteiger partial charge on any atom is 0.245 e. The van der Waals surface area contributed by atoms with Crippen molar-refractivity contribution in [2.45, 2.75) is 11.3 Å². The molecule has 0 aliphatic carbocycles. The Bertz CT molecular complexity index is 600. The molecule has 0 aromatic heterocycles. The van der Waals surface area contributed by atoms with E-state index < -0.39 is 10.0 Å². The SMILES string of the molecule is N#Cc1ccc(S(=O)(=O)N2CCCSCC2)c(N)c1. The van der Waals surface area contributed by atoms with E-state index in [4.69, 9.17) is 11.0 Å². The van der Waals surface area contributed by atoms with Crippen molar-refractivity contribution in [1.82, 2.24) is 4.31 Å². The molecule has 19 heavy (non-hydrogen) atoms. The van der Waals surface area contributed by atoms with Crippen LogP contribution in [-0.2, 0) is 10.0 Å². The largest absolute Gasteiger partial charge is 0.398 e. The van der Waals surface area contributed by atoms with Crippen LogP contribution < -0.4 is 5.73 Å². The van der Waals surface area contributed by atoms with Gasteiger partial charge in [-0.25, -0.2) is 8.42 Å². The highest BCUT2D eigenvalue weighted by atomic mass is 32.2. The molecule has 0 atom stereocenters. The molecule has 7 heteroatoms. The van der Waals surface area contributed by atoms with E-state index in [1.165, 1.54) is 22.5 Å². The number of benzene rings is 1. The Morgan fingerprint density at radius 1 is 1.32 bits per heavy atom. The van der Waals surface area contributed by atoms with Gasteiger partial charge >= 0.3 is 0 Å². The van der Waals surface area contributed by atoms with E-state index in [1.807, 2.05) is 6.07 Å². The molecular formula is C12H15N3O2S2. The highest BCUT2D eigenvalue weighted by Gasteiger charge is 2.27. The maximum atomic E-state index is 12.5. The fourth-order valence-corrected chi connectivity index (χ4v) is 4.53. The Kier molecular flexibility index (Phi) is 4.34. The minimum atomic E-state index is -3.56. The maximum absolute atomic E-state index is 12.5. The minimum absolute atomic E-state index is 0.0957. The lowest BCUT2D eigenvalue weighted by Gasteiger charge is -2.20. The van der Waals surface area contributed by atoms with Crippen LogP contribution in [0, 0.1) is 11.3 Å². The number of nitrogen functional groups attached to an aromatic ring is 1. The Morgan fingerprint density at radius 3 is 2.79 bits per heavy atom. The molecule has 0 amide bonds. The zero-order valence-corrected chi connectivity index (χ0v) is 12.0. The van der Waals surface area contributed by atoms with Gasteiger partial charge in [0, 0.05) is 18.8 Å². The summed E-state index contributed by atoms with van der Waals surface area (Å²) in [5, 5.41) is 8.77. The van der Waals surface area contributed by atoms with Crippen molar-refractivity contribution in [3.63, 3.8) is 0 Å². The van der Waals surface area contributed by atoms with Gasteiger partial charge in [-0.15, -0.1) is 0 Å². The highest BCUT2D eigenvalue weighted by Crippen LogP contribution is 2.25. The van der Waals surface area contributed by atoms with Gasteiger partial charge in [0.25, 0.3) is 0 Å². The molecular weight excluding hydrogens is 282 g/mol. The Hall–Kier alpha value is -1.23. The normalized spacial score (nSPS) is 17.6. The van der Waals surface area contributed by atoms with Gasteiger partial charge in [-0.1, -0.05) is 0 Å². The number of nitrogens with two attached hydrogens (primary N) is 1. The number of sulfonamides is 1. The van der Waals surface area contributed by atoms with Crippen molar-refractivity contribution in [2.75, 3.05) is 30.3 Å². The fourth-order valence-electron chi connectivity index (χ4n) is 1.96. The van der Waals surface area contributed by atoms with Crippen molar-refractivity contribution < 1.29 is 8.42 Å². The zero-order valence-electron chi connectivity index (χ0n) is 10.4. The summed E-state index contributed by atoms with van der Waals surface area (Å²) < 4.78 is 26.5. The molecule has 1 aliphatic heterocycles. The molecule has 5 nitrogen and oxygen atoms in total. The van der Waals surface area contributed by atoms with E-state index >= 15 is 0 Å². The number of anilines is 1. The lowest BCUT2D eigenvalue weighted by Crippen LogP contribution is -2.33. The number of thioether (sulfide) groups is 1. The topological polar surface area (TPSA) is 87.2 Å². The first-order chi connectivity index (χ1) is 9.05. The van der Waals surface area contributed by atoms with Crippen LogP contribution in [0.15, 0.2) is 23.1 Å². The number of nitriles is 1. The number of hydrogen-bond acceptors (Lipinski definition) is 5. The third kappa shape index (κ3) is 3.03. The Labute approximate surface area is 117 Å². The fraction of sp³-hybridized carbons (Fsp3) is 0.417. The molecule has 1 fully saturated rings. The van der Waals surface area contributed by atoms with Crippen LogP contribution in [0.3, 0.4) is 0 Å². The van der Waals surface area contributed by atoms with Crippen molar-refractivity contribution in [1.29, 1.82) is 5.26 Å². The van der Waals surface area contributed by atoms with Crippen molar-refractivity contribution in [2.24, 2.45) is 0 Å². The first kappa shape index (κ1) is 14.2. The minimum Gasteiger partial charge on any atom is -0.398 e. The summed E-state index contributed by atoms with van der Waals surface area (Å²) in [4.78, 5) is 0.0957. The monoisotopic (exact) mass is 297 g/mol. The van der Waals surface area contributed by atoms with Crippen LogP contribution in [0.25, 0.3) is 0 Å². The Morgan fingerprint density at radius 2 is 2.11 bits per heavy atom. The first-order valence-electron chi connectivity index (χ1n) is 5.93. The van der Waals surface area contributed by atoms with Gasteiger partial charge in [-0.3, -0.25) is 0 Å². The predicted molar refractivity (Wildman–Crippen MR) is 76.3 cm³/mol. The van der Waals surface area contributed by atoms with Gasteiger partial charge in [-0.2, -0.15) is 21.3 Å². The highest BCUT2D eigenvalue weighted by molar-refractivity contribution is 7.99. The molecule has 0 bridgehead atoms. The first-order valence-corrected chi connectivity index (χ1v) is 8.52. The average molecular weight is 297 g/mol. The molecule has 2 rings (SSSR count). The molecule has 1 aliphatic rings. The molecule has 0 radical (unpaired) electrons. The van der Waals surface area contributed by atoms with Crippen molar-refractivity contribution >= 4 is 27.5 Å². The third-order valence-corrected chi connectivity index (χ3v) is 5.96. The molecule has 102 valence electrons. The van der Waals surface area contributed by atoms with Crippen LogP contribution in [0.2, 0.25) is 0 Å². The summed E-state index contributed by atoms with van der Waals surface area (Å²) in [6.45, 7) is 1.03. The average Bonchev–Trinajstić information content (AvgIpc) is 2.67. The summed E-state index contributed by atoms with van der Waals surface area (Å²) >= 11 is 1.76. The second-order valence-corrected chi connectivity index (χ2v) is 7.37. The molecule has 0 spiro atoms. The third-order valence-electron chi connectivity index (χ3n) is 2.94. The number of hydrogen-bond donors (Lipinski definition) is 1. The van der Waals surface area contributed by atoms with E-state index in [-0.39, 0.29) is 10.6 Å². The van der Waals surface area contributed by atoms with Gasteiger partial charge in [-0.05, 0) is 30.4 Å². The van der Waals surface area contributed by atoms with Crippen LogP contribution in [0.4, 0.5) is 5.69 Å². The van der Waals surface area contributed by atoms with Crippen LogP contribution in [0.1, 0.15) is 12.0 Å². The van der Waals surface area contributed by atoms with Gasteiger partial charge in [0.15, 0.2) is 0 Å². The van der Waals surface area contributed by atoms with Gasteiger partial charge in [0.1, 0.15) is 4.90 Å². The summed E-state index contributed by atoms with van der Waals surface area (Å²) in [7, 11) is -3.56. The number of rotatable bonds is 2. The van der Waals surface area contributed by atoms with E-state index in [9.17, 15) is 8.42 Å². The van der Waals surface area contributed by atoms with Gasteiger partial charge in [0.05, 0.1) is 17.3 Å². The number of nitrogens with zero attached hydrogens (tertiary/aromatic N) is 2. The molecule has 0 saturated carbocycles. The van der Waals surface area contributed by atoms with Crippen molar-refractivity contribution in [3.8, 4) is 6.07 Å². The molecule has 1 aromatic carbocycles.